The molecule has 0 amide bonds. The van der Waals surface area contributed by atoms with Crippen molar-refractivity contribution in [2.75, 3.05) is 0 Å². The van der Waals surface area contributed by atoms with Gasteiger partial charge in [-0.15, -0.1) is 0 Å². The van der Waals surface area contributed by atoms with Crippen LogP contribution in [0.25, 0.3) is 0 Å². The first-order chi connectivity index (χ1) is 12.5. The lowest BCUT2D eigenvalue weighted by molar-refractivity contribution is 0.282. The Morgan fingerprint density at radius 2 is 2.08 bits per heavy atom. The topological polar surface area (TPSA) is 69.9 Å². The molecule has 0 bridgehead atoms. The zero-order chi connectivity index (χ0) is 18.7. The van der Waals surface area contributed by atoms with E-state index in [1.54, 1.807) is 19.2 Å². The second-order valence-corrected chi connectivity index (χ2v) is 6.19. The minimum absolute atomic E-state index is 0.0372. The van der Waals surface area contributed by atoms with E-state index in [4.69, 9.17) is 4.74 Å². The molecule has 1 aromatic carbocycles. The second-order valence-electron chi connectivity index (χ2n) is 5.39. The smallest absolute Gasteiger partial charge is 0.272 e. The molecule has 0 aliphatic heterocycles. The fourth-order valence-electron chi connectivity index (χ4n) is 2.25. The van der Waals surface area contributed by atoms with Gasteiger partial charge in [-0.05, 0) is 41.1 Å². The van der Waals surface area contributed by atoms with Crippen LogP contribution < -0.4 is 10.3 Å². The lowest BCUT2D eigenvalue weighted by atomic mass is 10.2. The number of benzene rings is 1. The molecule has 0 N–H and O–H groups in total. The van der Waals surface area contributed by atoms with Crippen molar-refractivity contribution < 1.29 is 13.5 Å². The van der Waals surface area contributed by atoms with Gasteiger partial charge in [0.05, 0.1) is 12.2 Å². The molecule has 9 heteroatoms. The van der Waals surface area contributed by atoms with Gasteiger partial charge in [0, 0.05) is 17.8 Å². The Morgan fingerprint density at radius 3 is 2.77 bits per heavy atom. The van der Waals surface area contributed by atoms with Crippen molar-refractivity contribution >= 4 is 15.9 Å². The normalized spacial score (nSPS) is 10.8. The van der Waals surface area contributed by atoms with Crippen molar-refractivity contribution in [2.45, 2.75) is 20.1 Å². The molecule has 3 rings (SSSR count). The molecule has 0 saturated carbocycles. The number of ether oxygens (including phenoxy) is 1. The molecule has 0 atom stereocenters. The monoisotopic (exact) mass is 422 g/mol. The summed E-state index contributed by atoms with van der Waals surface area (Å²) in [6, 6.07) is 4.88. The molecule has 0 saturated heterocycles. The summed E-state index contributed by atoms with van der Waals surface area (Å²) in [7, 11) is 0. The van der Waals surface area contributed by atoms with Gasteiger partial charge < -0.3 is 4.74 Å². The van der Waals surface area contributed by atoms with Gasteiger partial charge in [0.25, 0.3) is 5.56 Å². The van der Waals surface area contributed by atoms with Gasteiger partial charge in [0.2, 0.25) is 5.88 Å². The van der Waals surface area contributed by atoms with Crippen LogP contribution in [0.3, 0.4) is 0 Å². The average Bonchev–Trinajstić information content (AvgIpc) is 2.63. The molecule has 2 aromatic heterocycles. The van der Waals surface area contributed by atoms with Crippen molar-refractivity contribution in [3.63, 3.8) is 0 Å². The molecular formula is C17H13BrF2N4O2. The summed E-state index contributed by atoms with van der Waals surface area (Å²) < 4.78 is 33.6. The fraction of sp³-hybridized carbons (Fsp3) is 0.176. The maximum absolute atomic E-state index is 13.7. The lowest BCUT2D eigenvalue weighted by Gasteiger charge is -2.13. The molecule has 0 spiro atoms. The molecule has 0 unspecified atom stereocenters. The maximum Gasteiger partial charge on any atom is 0.272 e. The zero-order valence-corrected chi connectivity index (χ0v) is 15.2. The van der Waals surface area contributed by atoms with Gasteiger partial charge in [-0.3, -0.25) is 9.36 Å². The van der Waals surface area contributed by atoms with Crippen molar-refractivity contribution in [1.82, 2.24) is 19.5 Å². The lowest BCUT2D eigenvalue weighted by Crippen LogP contribution is -2.26. The van der Waals surface area contributed by atoms with E-state index < -0.39 is 11.6 Å². The molecular weight excluding hydrogens is 410 g/mol. The van der Waals surface area contributed by atoms with Crippen LogP contribution in [-0.4, -0.2) is 19.5 Å². The van der Waals surface area contributed by atoms with Crippen LogP contribution in [0, 0.1) is 18.6 Å². The summed E-state index contributed by atoms with van der Waals surface area (Å²) in [4.78, 5) is 24.7. The molecule has 2 heterocycles. The minimum Gasteiger partial charge on any atom is -0.472 e. The standard InChI is InChI=1S/C17H13BrF2N4O2/c1-10-23-16(26-8-11-2-3-12(19)6-14(11)20)15(18)17(25)24(10)7-13-4-5-21-9-22-13/h2-6,9H,7-8H2,1H3. The van der Waals surface area contributed by atoms with Crippen LogP contribution in [-0.2, 0) is 13.2 Å². The third-order valence-corrected chi connectivity index (χ3v) is 4.30. The average molecular weight is 423 g/mol. The summed E-state index contributed by atoms with van der Waals surface area (Å²) in [5, 5.41) is 0. The van der Waals surface area contributed by atoms with E-state index in [1.807, 2.05) is 0 Å². The van der Waals surface area contributed by atoms with Crippen LogP contribution in [0.15, 0.2) is 46.1 Å². The number of rotatable bonds is 5. The zero-order valence-electron chi connectivity index (χ0n) is 13.6. The van der Waals surface area contributed by atoms with Crippen molar-refractivity contribution in [2.24, 2.45) is 0 Å². The summed E-state index contributed by atoms with van der Waals surface area (Å²) >= 11 is 3.17. The van der Waals surface area contributed by atoms with Gasteiger partial charge in [-0.2, -0.15) is 4.98 Å². The molecule has 6 nitrogen and oxygen atoms in total. The van der Waals surface area contributed by atoms with Crippen molar-refractivity contribution in [3.8, 4) is 5.88 Å². The van der Waals surface area contributed by atoms with Gasteiger partial charge in [-0.25, -0.2) is 18.7 Å². The number of aryl methyl sites for hydroxylation is 1. The highest BCUT2D eigenvalue weighted by atomic mass is 79.9. The van der Waals surface area contributed by atoms with Crippen LogP contribution in [0.2, 0.25) is 0 Å². The molecule has 3 aromatic rings. The van der Waals surface area contributed by atoms with Crippen LogP contribution >= 0.6 is 15.9 Å². The predicted octanol–water partition coefficient (Wildman–Crippen LogP) is 3.01. The van der Waals surface area contributed by atoms with Crippen molar-refractivity contribution in [3.05, 3.63) is 80.3 Å². The van der Waals surface area contributed by atoms with Crippen LogP contribution in [0.4, 0.5) is 8.78 Å². The van der Waals surface area contributed by atoms with Crippen molar-refractivity contribution in [1.29, 1.82) is 0 Å². The Labute approximate surface area is 155 Å². The molecule has 0 radical (unpaired) electrons. The first-order valence-corrected chi connectivity index (χ1v) is 8.33. The third-order valence-electron chi connectivity index (χ3n) is 3.62. The molecule has 26 heavy (non-hydrogen) atoms. The molecule has 0 fully saturated rings. The number of hydrogen-bond acceptors (Lipinski definition) is 5. The Bertz CT molecular complexity index is 996. The highest BCUT2D eigenvalue weighted by Gasteiger charge is 2.15. The largest absolute Gasteiger partial charge is 0.472 e. The highest BCUT2D eigenvalue weighted by molar-refractivity contribution is 9.10. The summed E-state index contributed by atoms with van der Waals surface area (Å²) in [5.41, 5.74) is 0.453. The summed E-state index contributed by atoms with van der Waals surface area (Å²) in [6.07, 6.45) is 2.98. The van der Waals surface area contributed by atoms with Crippen LogP contribution in [0.5, 0.6) is 5.88 Å². The highest BCUT2D eigenvalue weighted by Crippen LogP contribution is 2.21. The maximum atomic E-state index is 13.7. The first-order valence-electron chi connectivity index (χ1n) is 7.54. The summed E-state index contributed by atoms with van der Waals surface area (Å²) in [5.74, 6) is -0.954. The Kier molecular flexibility index (Phi) is 5.36. The molecule has 0 aliphatic rings. The fourth-order valence-corrected chi connectivity index (χ4v) is 2.67. The van der Waals surface area contributed by atoms with Crippen LogP contribution in [0.1, 0.15) is 17.1 Å². The van der Waals surface area contributed by atoms with E-state index in [9.17, 15) is 13.6 Å². The first kappa shape index (κ1) is 18.1. The number of hydrogen-bond donors (Lipinski definition) is 0. The van der Waals surface area contributed by atoms with E-state index in [0.29, 0.717) is 11.5 Å². The van der Waals surface area contributed by atoms with E-state index in [2.05, 4.69) is 30.9 Å². The van der Waals surface area contributed by atoms with Gasteiger partial charge in [0.15, 0.2) is 0 Å². The quantitative estimate of drug-likeness (QED) is 0.631. The number of halogens is 3. The summed E-state index contributed by atoms with van der Waals surface area (Å²) in [6.45, 7) is 1.69. The SMILES string of the molecule is Cc1nc(OCc2ccc(F)cc2F)c(Br)c(=O)n1Cc1ccncn1. The Hall–Kier alpha value is -2.68. The van der Waals surface area contributed by atoms with E-state index in [0.717, 1.165) is 12.1 Å². The van der Waals surface area contributed by atoms with E-state index in [1.165, 1.54) is 17.0 Å². The molecule has 134 valence electrons. The Morgan fingerprint density at radius 1 is 1.27 bits per heavy atom. The number of aromatic nitrogens is 4. The van der Waals surface area contributed by atoms with E-state index >= 15 is 0 Å². The molecule has 0 aliphatic carbocycles. The van der Waals surface area contributed by atoms with Gasteiger partial charge in [-0.1, -0.05) is 0 Å². The van der Waals surface area contributed by atoms with E-state index in [-0.39, 0.29) is 34.6 Å². The second kappa shape index (κ2) is 7.69. The van der Waals surface area contributed by atoms with Gasteiger partial charge in [0.1, 0.15) is 34.9 Å². The predicted molar refractivity (Wildman–Crippen MR) is 92.8 cm³/mol. The third kappa shape index (κ3) is 3.93. The number of nitrogens with zero attached hydrogens (tertiary/aromatic N) is 4. The Balaban J connectivity index is 1.84. The van der Waals surface area contributed by atoms with Gasteiger partial charge >= 0.3 is 0 Å². The minimum atomic E-state index is -0.727.